The summed E-state index contributed by atoms with van der Waals surface area (Å²) in [6, 6.07) is 8.30. The van der Waals surface area contributed by atoms with Crippen LogP contribution in [0.25, 0.3) is 0 Å². The van der Waals surface area contributed by atoms with Crippen LogP contribution < -0.4 is 0 Å². The highest BCUT2D eigenvalue weighted by atomic mass is 16.5. The lowest BCUT2D eigenvalue weighted by molar-refractivity contribution is -0.166. The van der Waals surface area contributed by atoms with E-state index in [4.69, 9.17) is 9.47 Å². The molecule has 2 aliphatic rings. The lowest BCUT2D eigenvalue weighted by atomic mass is 9.79. The number of aryl methyl sites for hydroxylation is 2. The monoisotopic (exact) mass is 331 g/mol. The van der Waals surface area contributed by atoms with E-state index < -0.39 is 0 Å². The Morgan fingerprint density at radius 1 is 1.38 bits per heavy atom. The third kappa shape index (κ3) is 3.65. The zero-order valence-corrected chi connectivity index (χ0v) is 14.9. The van der Waals surface area contributed by atoms with Crippen LogP contribution in [0.15, 0.2) is 24.3 Å². The van der Waals surface area contributed by atoms with Crippen molar-refractivity contribution < 1.29 is 14.3 Å². The van der Waals surface area contributed by atoms with Gasteiger partial charge in [0.15, 0.2) is 0 Å². The number of amides is 1. The first-order valence-electron chi connectivity index (χ1n) is 9.18. The Hall–Kier alpha value is -1.39. The SMILES string of the molecule is CCOCCC1CCOC12CN(C(=O)CCc1ccccc1C)C2. The molecule has 4 nitrogen and oxygen atoms in total. The molecule has 2 fully saturated rings. The van der Waals surface area contributed by atoms with Crippen LogP contribution in [0, 0.1) is 12.8 Å². The zero-order chi connectivity index (χ0) is 17.0. The Balaban J connectivity index is 1.46. The molecule has 0 bridgehead atoms. The van der Waals surface area contributed by atoms with Crippen molar-refractivity contribution in [3.63, 3.8) is 0 Å². The summed E-state index contributed by atoms with van der Waals surface area (Å²) >= 11 is 0. The first-order valence-corrected chi connectivity index (χ1v) is 9.18. The third-order valence-electron chi connectivity index (χ3n) is 5.55. The molecule has 1 spiro atoms. The third-order valence-corrected chi connectivity index (χ3v) is 5.55. The maximum Gasteiger partial charge on any atom is 0.223 e. The highest BCUT2D eigenvalue weighted by Gasteiger charge is 2.53. The quantitative estimate of drug-likeness (QED) is 0.721. The van der Waals surface area contributed by atoms with Crippen LogP contribution in [0.2, 0.25) is 0 Å². The molecule has 24 heavy (non-hydrogen) atoms. The maximum absolute atomic E-state index is 12.5. The van der Waals surface area contributed by atoms with Crippen molar-refractivity contribution in [3.05, 3.63) is 35.4 Å². The Kier molecular flexibility index (Phi) is 5.57. The maximum atomic E-state index is 12.5. The fraction of sp³-hybridized carbons (Fsp3) is 0.650. The van der Waals surface area contributed by atoms with Crippen LogP contribution in [0.4, 0.5) is 0 Å². The lowest BCUT2D eigenvalue weighted by Gasteiger charge is -2.50. The summed E-state index contributed by atoms with van der Waals surface area (Å²) in [6.45, 7) is 8.04. The fourth-order valence-electron chi connectivity index (χ4n) is 3.98. The molecule has 3 rings (SSSR count). The summed E-state index contributed by atoms with van der Waals surface area (Å²) in [5.74, 6) is 0.785. The second-order valence-electron chi connectivity index (χ2n) is 7.06. The van der Waals surface area contributed by atoms with Gasteiger partial charge in [0, 0.05) is 26.2 Å². The molecule has 1 atom stereocenters. The number of hydrogen-bond donors (Lipinski definition) is 0. The van der Waals surface area contributed by atoms with Crippen molar-refractivity contribution >= 4 is 5.91 Å². The predicted octanol–water partition coefficient (Wildman–Crippen LogP) is 2.97. The molecule has 0 saturated carbocycles. The minimum Gasteiger partial charge on any atom is -0.382 e. The van der Waals surface area contributed by atoms with Crippen LogP contribution >= 0.6 is 0 Å². The summed E-state index contributed by atoms with van der Waals surface area (Å²) < 4.78 is 11.5. The first-order chi connectivity index (χ1) is 11.6. The van der Waals surface area contributed by atoms with Gasteiger partial charge in [0.25, 0.3) is 0 Å². The van der Waals surface area contributed by atoms with E-state index in [1.54, 1.807) is 0 Å². The molecule has 1 aromatic carbocycles. The van der Waals surface area contributed by atoms with Gasteiger partial charge in [-0.2, -0.15) is 0 Å². The van der Waals surface area contributed by atoms with Crippen LogP contribution in [0.5, 0.6) is 0 Å². The highest BCUT2D eigenvalue weighted by Crippen LogP contribution is 2.41. The highest BCUT2D eigenvalue weighted by molar-refractivity contribution is 5.77. The Bertz CT molecular complexity index is 566. The molecule has 1 amide bonds. The van der Waals surface area contributed by atoms with Gasteiger partial charge in [0.2, 0.25) is 5.91 Å². The van der Waals surface area contributed by atoms with E-state index in [1.807, 2.05) is 24.0 Å². The number of rotatable bonds is 7. The van der Waals surface area contributed by atoms with Gasteiger partial charge in [-0.25, -0.2) is 0 Å². The van der Waals surface area contributed by atoms with E-state index in [9.17, 15) is 4.79 Å². The summed E-state index contributed by atoms with van der Waals surface area (Å²) in [6.07, 6.45) is 3.55. The molecule has 0 N–H and O–H groups in total. The van der Waals surface area contributed by atoms with Crippen molar-refractivity contribution in [2.45, 2.75) is 45.1 Å². The van der Waals surface area contributed by atoms with Gasteiger partial charge in [-0.05, 0) is 50.2 Å². The fourth-order valence-corrected chi connectivity index (χ4v) is 3.98. The zero-order valence-electron chi connectivity index (χ0n) is 14.9. The lowest BCUT2D eigenvalue weighted by Crippen LogP contribution is -2.66. The minimum atomic E-state index is -0.0879. The first kappa shape index (κ1) is 17.4. The van der Waals surface area contributed by atoms with E-state index in [0.29, 0.717) is 12.3 Å². The number of nitrogens with zero attached hydrogens (tertiary/aromatic N) is 1. The summed E-state index contributed by atoms with van der Waals surface area (Å²) in [5, 5.41) is 0. The van der Waals surface area contributed by atoms with Crippen LogP contribution in [-0.2, 0) is 20.7 Å². The summed E-state index contributed by atoms with van der Waals surface area (Å²) in [4.78, 5) is 14.4. The second-order valence-corrected chi connectivity index (χ2v) is 7.06. The molecule has 2 heterocycles. The average molecular weight is 331 g/mol. The van der Waals surface area contributed by atoms with Crippen molar-refractivity contribution in [1.82, 2.24) is 4.90 Å². The van der Waals surface area contributed by atoms with Crippen LogP contribution in [0.3, 0.4) is 0 Å². The van der Waals surface area contributed by atoms with E-state index in [1.165, 1.54) is 11.1 Å². The van der Waals surface area contributed by atoms with E-state index >= 15 is 0 Å². The number of benzene rings is 1. The number of likely N-dealkylation sites (tertiary alicyclic amines) is 1. The second kappa shape index (κ2) is 7.66. The van der Waals surface area contributed by atoms with Gasteiger partial charge in [-0.3, -0.25) is 4.79 Å². The smallest absolute Gasteiger partial charge is 0.223 e. The summed E-state index contributed by atoms with van der Waals surface area (Å²) in [5.41, 5.74) is 2.45. The molecule has 2 saturated heterocycles. The molecule has 4 heteroatoms. The molecule has 1 aromatic rings. The molecular formula is C20H29NO3. The number of ether oxygens (including phenoxy) is 2. The molecule has 2 aliphatic heterocycles. The molecular weight excluding hydrogens is 302 g/mol. The molecule has 1 unspecified atom stereocenters. The molecule has 0 aromatic heterocycles. The Labute approximate surface area is 145 Å². The standard InChI is InChI=1S/C20H29NO3/c1-3-23-12-10-18-11-13-24-20(18)14-21(15-20)19(22)9-8-17-7-5-4-6-16(17)2/h4-7,18H,3,8-15H2,1-2H3. The van der Waals surface area contributed by atoms with Gasteiger partial charge in [0.1, 0.15) is 5.60 Å². The van der Waals surface area contributed by atoms with Gasteiger partial charge in [0.05, 0.1) is 13.1 Å². The van der Waals surface area contributed by atoms with E-state index in [-0.39, 0.29) is 11.5 Å². The molecule has 0 aliphatic carbocycles. The van der Waals surface area contributed by atoms with E-state index in [0.717, 1.165) is 52.2 Å². The Morgan fingerprint density at radius 3 is 2.92 bits per heavy atom. The minimum absolute atomic E-state index is 0.0879. The molecule has 0 radical (unpaired) electrons. The van der Waals surface area contributed by atoms with Crippen molar-refractivity contribution in [2.24, 2.45) is 5.92 Å². The number of carbonyl (C=O) groups excluding carboxylic acids is 1. The summed E-state index contributed by atoms with van der Waals surface area (Å²) in [7, 11) is 0. The van der Waals surface area contributed by atoms with Crippen LogP contribution in [-0.4, -0.2) is 49.3 Å². The number of hydrogen-bond acceptors (Lipinski definition) is 3. The average Bonchev–Trinajstić information content (AvgIpc) is 2.97. The number of carbonyl (C=O) groups is 1. The Morgan fingerprint density at radius 2 is 2.17 bits per heavy atom. The van der Waals surface area contributed by atoms with Crippen molar-refractivity contribution in [3.8, 4) is 0 Å². The van der Waals surface area contributed by atoms with Gasteiger partial charge in [-0.1, -0.05) is 24.3 Å². The normalized spacial score (nSPS) is 21.9. The van der Waals surface area contributed by atoms with Gasteiger partial charge in [-0.15, -0.1) is 0 Å². The molecule has 132 valence electrons. The predicted molar refractivity (Wildman–Crippen MR) is 94.0 cm³/mol. The van der Waals surface area contributed by atoms with Crippen molar-refractivity contribution in [2.75, 3.05) is 32.9 Å². The largest absolute Gasteiger partial charge is 0.382 e. The van der Waals surface area contributed by atoms with Crippen LogP contribution in [0.1, 0.15) is 37.3 Å². The van der Waals surface area contributed by atoms with Gasteiger partial charge < -0.3 is 14.4 Å². The van der Waals surface area contributed by atoms with E-state index in [2.05, 4.69) is 19.1 Å². The van der Waals surface area contributed by atoms with Gasteiger partial charge >= 0.3 is 0 Å². The topological polar surface area (TPSA) is 38.8 Å². The van der Waals surface area contributed by atoms with Crippen molar-refractivity contribution in [1.29, 1.82) is 0 Å².